The number of nitrogens with two attached hydrogens (primary N) is 1. The van der Waals surface area contributed by atoms with Gasteiger partial charge in [0.05, 0.1) is 6.61 Å². The van der Waals surface area contributed by atoms with Gasteiger partial charge in [0.1, 0.15) is 5.84 Å². The molecule has 0 fully saturated rings. The van der Waals surface area contributed by atoms with Crippen molar-refractivity contribution in [2.24, 2.45) is 10.9 Å². The van der Waals surface area contributed by atoms with Gasteiger partial charge < -0.3 is 20.8 Å². The second kappa shape index (κ2) is 5.36. The van der Waals surface area contributed by atoms with E-state index in [4.69, 9.17) is 20.8 Å². The molecule has 0 aliphatic carbocycles. The molecule has 1 atom stereocenters. The zero-order valence-corrected chi connectivity index (χ0v) is 6.73. The van der Waals surface area contributed by atoms with Crippen LogP contribution in [0.3, 0.4) is 0 Å². The third-order valence-electron chi connectivity index (χ3n) is 1.20. The zero-order valence-electron chi connectivity index (χ0n) is 6.73. The third-order valence-corrected chi connectivity index (χ3v) is 1.20. The third kappa shape index (κ3) is 4.51. The van der Waals surface area contributed by atoms with E-state index in [1.54, 1.807) is 0 Å². The number of ether oxygens (including phenoxy) is 1. The van der Waals surface area contributed by atoms with E-state index in [1.165, 1.54) is 6.92 Å². The van der Waals surface area contributed by atoms with Crippen LogP contribution in [0.5, 0.6) is 0 Å². The van der Waals surface area contributed by atoms with Gasteiger partial charge in [-0.3, -0.25) is 0 Å². The van der Waals surface area contributed by atoms with Gasteiger partial charge in [0.2, 0.25) is 0 Å². The summed E-state index contributed by atoms with van der Waals surface area (Å²) in [5, 5.41) is 19.2. The fraction of sp³-hybridized carbons (Fsp3) is 0.667. The Balaban J connectivity index is 3.50. The fourth-order valence-corrected chi connectivity index (χ4v) is 0.462. The van der Waals surface area contributed by atoms with E-state index in [-0.39, 0.29) is 18.9 Å². The highest BCUT2D eigenvalue weighted by Crippen LogP contribution is 1.92. The van der Waals surface area contributed by atoms with Crippen LogP contribution in [0.4, 0.5) is 0 Å². The molecule has 0 heterocycles. The fourth-order valence-electron chi connectivity index (χ4n) is 0.462. The van der Waals surface area contributed by atoms with Crippen LogP contribution >= 0.6 is 0 Å². The molecular weight excluding hydrogens is 164 g/mol. The molecule has 0 aliphatic heterocycles. The van der Waals surface area contributed by atoms with Crippen molar-refractivity contribution in [2.45, 2.75) is 19.4 Å². The van der Waals surface area contributed by atoms with Crippen molar-refractivity contribution in [3.8, 4) is 0 Å². The molecule has 0 aliphatic rings. The molecule has 0 aromatic heterocycles. The Bertz CT molecular complexity index is 180. The number of nitrogens with zero attached hydrogens (tertiary/aromatic N) is 1. The molecule has 0 saturated carbocycles. The van der Waals surface area contributed by atoms with E-state index in [0.29, 0.717) is 0 Å². The maximum atomic E-state index is 10.2. The first-order valence-corrected chi connectivity index (χ1v) is 3.38. The summed E-state index contributed by atoms with van der Waals surface area (Å²) >= 11 is 0. The summed E-state index contributed by atoms with van der Waals surface area (Å²) in [6.45, 7) is 1.54. The first kappa shape index (κ1) is 10.7. The Morgan fingerprint density at radius 3 is 2.75 bits per heavy atom. The second-order valence-corrected chi connectivity index (χ2v) is 2.19. The van der Waals surface area contributed by atoms with E-state index in [0.717, 1.165) is 0 Å². The van der Waals surface area contributed by atoms with Crippen molar-refractivity contribution in [2.75, 3.05) is 6.61 Å². The minimum atomic E-state index is -1.03. The average molecular weight is 176 g/mol. The topological polar surface area (TPSA) is 105 Å². The summed E-state index contributed by atoms with van der Waals surface area (Å²) in [5.41, 5.74) is 5.11. The van der Waals surface area contributed by atoms with Gasteiger partial charge in [-0.05, 0) is 6.92 Å². The summed E-state index contributed by atoms with van der Waals surface area (Å²) in [5.74, 6) is -1.01. The molecule has 12 heavy (non-hydrogen) atoms. The van der Waals surface area contributed by atoms with Crippen LogP contribution in [0.15, 0.2) is 5.16 Å². The SMILES string of the molecule is CC(OCC/C(N)=N/O)C(=O)O. The highest BCUT2D eigenvalue weighted by atomic mass is 16.5. The van der Waals surface area contributed by atoms with Gasteiger partial charge in [-0.1, -0.05) is 5.16 Å². The lowest BCUT2D eigenvalue weighted by Gasteiger charge is -2.06. The lowest BCUT2D eigenvalue weighted by atomic mass is 10.4. The standard InChI is InChI=1S/C6H12N2O4/c1-4(6(9)10)12-3-2-5(7)8-11/h4,11H,2-3H2,1H3,(H2,7,8)(H,9,10). The molecule has 0 bridgehead atoms. The molecule has 0 saturated heterocycles. The van der Waals surface area contributed by atoms with E-state index in [2.05, 4.69) is 5.16 Å². The van der Waals surface area contributed by atoms with Crippen LogP contribution in [0.25, 0.3) is 0 Å². The number of carbonyl (C=O) groups is 1. The molecule has 0 aromatic rings. The second-order valence-electron chi connectivity index (χ2n) is 2.19. The quantitative estimate of drug-likeness (QED) is 0.229. The van der Waals surface area contributed by atoms with Crippen molar-refractivity contribution < 1.29 is 19.8 Å². The number of amidine groups is 1. The maximum Gasteiger partial charge on any atom is 0.332 e. The number of carboxylic acid groups (broad SMARTS) is 1. The van der Waals surface area contributed by atoms with Crippen LogP contribution in [-0.4, -0.2) is 34.8 Å². The summed E-state index contributed by atoms with van der Waals surface area (Å²) in [7, 11) is 0. The van der Waals surface area contributed by atoms with E-state index in [9.17, 15) is 4.79 Å². The van der Waals surface area contributed by atoms with Crippen LogP contribution in [-0.2, 0) is 9.53 Å². The van der Waals surface area contributed by atoms with Gasteiger partial charge in [-0.15, -0.1) is 0 Å². The monoisotopic (exact) mass is 176 g/mol. The Hall–Kier alpha value is -1.30. The summed E-state index contributed by atoms with van der Waals surface area (Å²) in [4.78, 5) is 10.2. The predicted molar refractivity (Wildman–Crippen MR) is 41.1 cm³/mol. The molecule has 1 unspecified atom stereocenters. The molecule has 6 heteroatoms. The minimum Gasteiger partial charge on any atom is -0.479 e. The largest absolute Gasteiger partial charge is 0.479 e. The Morgan fingerprint density at radius 2 is 2.33 bits per heavy atom. The van der Waals surface area contributed by atoms with Crippen LogP contribution < -0.4 is 5.73 Å². The summed E-state index contributed by atoms with van der Waals surface area (Å²) in [6, 6.07) is 0. The molecule has 0 radical (unpaired) electrons. The number of hydrogen-bond acceptors (Lipinski definition) is 4. The van der Waals surface area contributed by atoms with Crippen LogP contribution in [0.2, 0.25) is 0 Å². The van der Waals surface area contributed by atoms with E-state index >= 15 is 0 Å². The van der Waals surface area contributed by atoms with Crippen molar-refractivity contribution in [3.63, 3.8) is 0 Å². The van der Waals surface area contributed by atoms with Gasteiger partial charge in [-0.2, -0.15) is 0 Å². The first-order chi connectivity index (χ1) is 5.57. The van der Waals surface area contributed by atoms with E-state index < -0.39 is 12.1 Å². The number of oxime groups is 1. The van der Waals surface area contributed by atoms with E-state index in [1.807, 2.05) is 0 Å². The zero-order chi connectivity index (χ0) is 9.56. The Labute approximate surface area is 69.6 Å². The van der Waals surface area contributed by atoms with Crippen molar-refractivity contribution in [1.82, 2.24) is 0 Å². The molecule has 6 nitrogen and oxygen atoms in total. The van der Waals surface area contributed by atoms with Crippen LogP contribution in [0.1, 0.15) is 13.3 Å². The summed E-state index contributed by atoms with van der Waals surface area (Å²) in [6.07, 6.45) is -0.648. The molecule has 0 spiro atoms. The van der Waals surface area contributed by atoms with Crippen molar-refractivity contribution in [1.29, 1.82) is 0 Å². The van der Waals surface area contributed by atoms with Gasteiger partial charge in [0, 0.05) is 6.42 Å². The van der Waals surface area contributed by atoms with Crippen molar-refractivity contribution >= 4 is 11.8 Å². The predicted octanol–water partition coefficient (Wildman–Crippen LogP) is -0.387. The normalized spacial score (nSPS) is 14.2. The maximum absolute atomic E-state index is 10.2. The van der Waals surface area contributed by atoms with Gasteiger partial charge >= 0.3 is 5.97 Å². The molecular formula is C6H12N2O4. The molecule has 0 aromatic carbocycles. The van der Waals surface area contributed by atoms with Gasteiger partial charge in [0.25, 0.3) is 0 Å². The molecule has 0 amide bonds. The average Bonchev–Trinajstić information content (AvgIpc) is 2.03. The van der Waals surface area contributed by atoms with Gasteiger partial charge in [-0.25, -0.2) is 4.79 Å². The smallest absolute Gasteiger partial charge is 0.332 e. The lowest BCUT2D eigenvalue weighted by Crippen LogP contribution is -2.23. The Morgan fingerprint density at radius 1 is 1.75 bits per heavy atom. The minimum absolute atomic E-state index is 0.0209. The highest BCUT2D eigenvalue weighted by Gasteiger charge is 2.10. The van der Waals surface area contributed by atoms with Gasteiger partial charge in [0.15, 0.2) is 6.10 Å². The van der Waals surface area contributed by atoms with Crippen molar-refractivity contribution in [3.05, 3.63) is 0 Å². The number of hydrogen-bond donors (Lipinski definition) is 3. The Kier molecular flexibility index (Phi) is 4.78. The molecule has 0 rings (SSSR count). The highest BCUT2D eigenvalue weighted by molar-refractivity contribution is 5.79. The van der Waals surface area contributed by atoms with Crippen LogP contribution in [0, 0.1) is 0 Å². The molecule has 4 N–H and O–H groups in total. The number of carboxylic acids is 1. The molecule has 70 valence electrons. The summed E-state index contributed by atoms with van der Waals surface area (Å²) < 4.78 is 4.80. The number of aliphatic carboxylic acids is 1. The lowest BCUT2D eigenvalue weighted by molar-refractivity contribution is -0.148. The first-order valence-electron chi connectivity index (χ1n) is 3.38. The number of rotatable bonds is 5.